The predicted octanol–water partition coefficient (Wildman–Crippen LogP) is 2.53. The fourth-order valence-corrected chi connectivity index (χ4v) is 2.42. The Hall–Kier alpha value is -1.48. The smallest absolute Gasteiger partial charge is 0.116 e. The van der Waals surface area contributed by atoms with Gasteiger partial charge in [-0.1, -0.05) is 6.42 Å². The molecule has 3 nitrogen and oxygen atoms in total. The maximum atomic E-state index is 9.47. The Bertz CT molecular complexity index is 540. The minimum atomic E-state index is 0.335. The van der Waals surface area contributed by atoms with Gasteiger partial charge in [-0.05, 0) is 37.1 Å². The Morgan fingerprint density at radius 2 is 2.18 bits per heavy atom. The van der Waals surface area contributed by atoms with Crippen molar-refractivity contribution in [2.45, 2.75) is 31.8 Å². The van der Waals surface area contributed by atoms with Gasteiger partial charge in [-0.25, -0.2) is 0 Å². The molecule has 3 heteroatoms. The zero-order chi connectivity index (χ0) is 11.8. The molecule has 2 N–H and O–H groups in total. The molecule has 17 heavy (non-hydrogen) atoms. The van der Waals surface area contributed by atoms with E-state index in [1.807, 2.05) is 12.1 Å². The van der Waals surface area contributed by atoms with Gasteiger partial charge in [0.25, 0.3) is 0 Å². The zero-order valence-corrected chi connectivity index (χ0v) is 10.1. The predicted molar refractivity (Wildman–Crippen MR) is 69.1 cm³/mol. The molecular weight excluding hydrogens is 212 g/mol. The molecule has 0 radical (unpaired) electrons. The van der Waals surface area contributed by atoms with Crippen molar-refractivity contribution < 1.29 is 5.11 Å². The molecule has 1 aliphatic carbocycles. The summed E-state index contributed by atoms with van der Waals surface area (Å²) in [5, 5.41) is 14.1. The van der Waals surface area contributed by atoms with Gasteiger partial charge in [0.2, 0.25) is 0 Å². The largest absolute Gasteiger partial charge is 0.508 e. The van der Waals surface area contributed by atoms with Gasteiger partial charge in [0.05, 0.1) is 0 Å². The molecule has 1 aromatic heterocycles. The molecule has 0 unspecified atom stereocenters. The van der Waals surface area contributed by atoms with Crippen molar-refractivity contribution >= 4 is 10.9 Å². The van der Waals surface area contributed by atoms with E-state index < -0.39 is 0 Å². The van der Waals surface area contributed by atoms with E-state index in [4.69, 9.17) is 0 Å². The Balaban J connectivity index is 1.85. The number of phenols is 1. The number of nitrogens with one attached hydrogen (secondary N) is 1. The van der Waals surface area contributed by atoms with E-state index in [1.54, 1.807) is 6.07 Å². The van der Waals surface area contributed by atoms with E-state index in [0.717, 1.165) is 11.9 Å². The van der Waals surface area contributed by atoms with E-state index in [9.17, 15) is 5.11 Å². The van der Waals surface area contributed by atoms with Crippen LogP contribution in [0.4, 0.5) is 0 Å². The maximum absolute atomic E-state index is 9.47. The number of hydrogen-bond acceptors (Lipinski definition) is 2. The quantitative estimate of drug-likeness (QED) is 0.850. The van der Waals surface area contributed by atoms with Crippen LogP contribution in [-0.4, -0.2) is 15.7 Å². The number of benzene rings is 1. The second kappa shape index (κ2) is 4.08. The molecule has 0 spiro atoms. The number of aryl methyl sites for hydroxylation is 1. The van der Waals surface area contributed by atoms with Crippen molar-refractivity contribution in [1.82, 2.24) is 9.88 Å². The van der Waals surface area contributed by atoms with Crippen LogP contribution >= 0.6 is 0 Å². The summed E-state index contributed by atoms with van der Waals surface area (Å²) in [4.78, 5) is 0. The zero-order valence-electron chi connectivity index (χ0n) is 10.1. The number of aromatic nitrogens is 1. The van der Waals surface area contributed by atoms with Gasteiger partial charge < -0.3 is 15.0 Å². The summed E-state index contributed by atoms with van der Waals surface area (Å²) in [6.07, 6.45) is 3.98. The van der Waals surface area contributed by atoms with Gasteiger partial charge in [-0.3, -0.25) is 0 Å². The van der Waals surface area contributed by atoms with E-state index in [1.165, 1.54) is 30.5 Å². The first-order valence-electron chi connectivity index (χ1n) is 6.25. The molecule has 1 fully saturated rings. The van der Waals surface area contributed by atoms with Gasteiger partial charge >= 0.3 is 0 Å². The highest BCUT2D eigenvalue weighted by atomic mass is 16.3. The molecule has 0 aliphatic heterocycles. The van der Waals surface area contributed by atoms with Crippen molar-refractivity contribution in [3.05, 3.63) is 30.0 Å². The average Bonchev–Trinajstić information content (AvgIpc) is 2.53. The molecule has 0 saturated heterocycles. The number of fused-ring (bicyclic) bond motifs is 1. The lowest BCUT2D eigenvalue weighted by molar-refractivity contribution is 0.336. The lowest BCUT2D eigenvalue weighted by Gasteiger charge is -2.26. The fourth-order valence-electron chi connectivity index (χ4n) is 2.42. The number of phenolic OH excluding ortho intramolecular Hbond substituents is 1. The van der Waals surface area contributed by atoms with Crippen molar-refractivity contribution in [1.29, 1.82) is 0 Å². The first-order chi connectivity index (χ1) is 8.24. The van der Waals surface area contributed by atoms with E-state index in [2.05, 4.69) is 23.0 Å². The number of aromatic hydroxyl groups is 1. The van der Waals surface area contributed by atoms with Crippen LogP contribution in [0.1, 0.15) is 25.0 Å². The van der Waals surface area contributed by atoms with E-state index >= 15 is 0 Å². The number of nitrogens with zero attached hydrogens (tertiary/aromatic N) is 1. The minimum Gasteiger partial charge on any atom is -0.508 e. The molecule has 1 aliphatic rings. The molecule has 90 valence electrons. The van der Waals surface area contributed by atoms with Gasteiger partial charge in [-0.15, -0.1) is 0 Å². The van der Waals surface area contributed by atoms with E-state index in [0.29, 0.717) is 11.8 Å². The summed E-state index contributed by atoms with van der Waals surface area (Å²) in [6.45, 7) is 0.913. The summed E-state index contributed by atoms with van der Waals surface area (Å²) in [5.74, 6) is 0.335. The van der Waals surface area contributed by atoms with Crippen molar-refractivity contribution in [3.8, 4) is 5.75 Å². The van der Waals surface area contributed by atoms with Crippen LogP contribution in [0, 0.1) is 0 Å². The minimum absolute atomic E-state index is 0.335. The summed E-state index contributed by atoms with van der Waals surface area (Å²) in [6, 6.07) is 8.40. The molecular formula is C14H18N2O. The summed E-state index contributed by atoms with van der Waals surface area (Å²) in [7, 11) is 2.08. The van der Waals surface area contributed by atoms with Crippen LogP contribution in [0.3, 0.4) is 0 Å². The summed E-state index contributed by atoms with van der Waals surface area (Å²) < 4.78 is 2.19. The van der Waals surface area contributed by atoms with Crippen LogP contribution in [0.15, 0.2) is 24.3 Å². The SMILES string of the molecule is Cn1c(CNC2CCC2)cc2cc(O)ccc21. The first kappa shape index (κ1) is 10.7. The standard InChI is InChI=1S/C14H18N2O/c1-16-12(9-15-11-3-2-4-11)7-10-8-13(17)5-6-14(10)16/h5-8,11,15,17H,2-4,9H2,1H3. The highest BCUT2D eigenvalue weighted by Crippen LogP contribution is 2.24. The van der Waals surface area contributed by atoms with Crippen LogP contribution < -0.4 is 5.32 Å². The summed E-state index contributed by atoms with van der Waals surface area (Å²) >= 11 is 0. The normalized spacial score (nSPS) is 16.3. The number of hydrogen-bond donors (Lipinski definition) is 2. The Morgan fingerprint density at radius 1 is 1.35 bits per heavy atom. The van der Waals surface area contributed by atoms with Crippen molar-refractivity contribution in [2.75, 3.05) is 0 Å². The molecule has 0 atom stereocenters. The van der Waals surface area contributed by atoms with Crippen molar-refractivity contribution in [2.24, 2.45) is 7.05 Å². The highest BCUT2D eigenvalue weighted by molar-refractivity contribution is 5.82. The molecule has 2 aromatic rings. The monoisotopic (exact) mass is 230 g/mol. The Morgan fingerprint density at radius 3 is 2.88 bits per heavy atom. The second-order valence-corrected chi connectivity index (χ2v) is 4.95. The van der Waals surface area contributed by atoms with Crippen LogP contribution in [-0.2, 0) is 13.6 Å². The van der Waals surface area contributed by atoms with Crippen LogP contribution in [0.2, 0.25) is 0 Å². The van der Waals surface area contributed by atoms with Crippen LogP contribution in [0.25, 0.3) is 10.9 Å². The molecule has 0 amide bonds. The lowest BCUT2D eigenvalue weighted by atomic mass is 9.93. The Kier molecular flexibility index (Phi) is 2.56. The van der Waals surface area contributed by atoms with E-state index in [-0.39, 0.29) is 0 Å². The lowest BCUT2D eigenvalue weighted by Crippen LogP contribution is -2.34. The molecule has 1 heterocycles. The van der Waals surface area contributed by atoms with Gasteiger partial charge in [-0.2, -0.15) is 0 Å². The molecule has 3 rings (SSSR count). The van der Waals surface area contributed by atoms with Crippen LogP contribution in [0.5, 0.6) is 5.75 Å². The first-order valence-corrected chi connectivity index (χ1v) is 6.25. The fraction of sp³-hybridized carbons (Fsp3) is 0.429. The topological polar surface area (TPSA) is 37.2 Å². The van der Waals surface area contributed by atoms with Gasteiger partial charge in [0.15, 0.2) is 0 Å². The van der Waals surface area contributed by atoms with Gasteiger partial charge in [0.1, 0.15) is 5.75 Å². The third kappa shape index (κ3) is 1.91. The molecule has 1 aromatic carbocycles. The third-order valence-electron chi connectivity index (χ3n) is 3.80. The maximum Gasteiger partial charge on any atom is 0.116 e. The molecule has 0 bridgehead atoms. The second-order valence-electron chi connectivity index (χ2n) is 4.95. The van der Waals surface area contributed by atoms with Gasteiger partial charge in [0, 0.05) is 36.2 Å². The summed E-state index contributed by atoms with van der Waals surface area (Å²) in [5.41, 5.74) is 2.45. The van der Waals surface area contributed by atoms with Crippen molar-refractivity contribution in [3.63, 3.8) is 0 Å². The highest BCUT2D eigenvalue weighted by Gasteiger charge is 2.17. The Labute approximate surface area is 101 Å². The molecule has 1 saturated carbocycles. The number of rotatable bonds is 3. The average molecular weight is 230 g/mol. The third-order valence-corrected chi connectivity index (χ3v) is 3.80.